The fourth-order valence-corrected chi connectivity index (χ4v) is 3.17. The number of rotatable bonds is 7. The van der Waals surface area contributed by atoms with Gasteiger partial charge in [-0.2, -0.15) is 5.10 Å². The summed E-state index contributed by atoms with van der Waals surface area (Å²) in [6, 6.07) is 11.2. The van der Waals surface area contributed by atoms with Crippen molar-refractivity contribution in [2.75, 3.05) is 7.05 Å². The van der Waals surface area contributed by atoms with Crippen molar-refractivity contribution in [1.29, 1.82) is 0 Å². The molecule has 0 aliphatic carbocycles. The van der Waals surface area contributed by atoms with Crippen LogP contribution in [0.3, 0.4) is 0 Å². The van der Waals surface area contributed by atoms with E-state index >= 15 is 0 Å². The summed E-state index contributed by atoms with van der Waals surface area (Å²) in [5, 5.41) is 5.13. The zero-order valence-corrected chi connectivity index (χ0v) is 17.5. The average Bonchev–Trinajstić information content (AvgIpc) is 3.12. The van der Waals surface area contributed by atoms with Crippen LogP contribution in [0.25, 0.3) is 0 Å². The molecule has 0 unspecified atom stereocenters. The minimum atomic E-state index is 0.283. The third kappa shape index (κ3) is 4.56. The van der Waals surface area contributed by atoms with Gasteiger partial charge in [-0.05, 0) is 59.5 Å². The standard InChI is InChI=1S/C17H18BrClN4O2S/c1-21(9-12-7-8-15(18)25-12)11-23-17(26)22(2)16(20-23)10-24-14-6-4-3-5-13(14)19/h3-8H,9-11H2,1-2H3. The highest BCUT2D eigenvalue weighted by Gasteiger charge is 2.12. The third-order valence-electron chi connectivity index (χ3n) is 3.75. The number of halogens is 2. The van der Waals surface area contributed by atoms with Gasteiger partial charge in [-0.1, -0.05) is 23.7 Å². The van der Waals surface area contributed by atoms with Crippen LogP contribution in [0, 0.1) is 4.77 Å². The van der Waals surface area contributed by atoms with Gasteiger partial charge < -0.3 is 13.7 Å². The summed E-state index contributed by atoms with van der Waals surface area (Å²) in [5.41, 5.74) is 0. The number of para-hydroxylation sites is 1. The van der Waals surface area contributed by atoms with E-state index in [1.165, 1.54) is 0 Å². The molecule has 1 aromatic carbocycles. The summed E-state index contributed by atoms with van der Waals surface area (Å²) in [7, 11) is 3.85. The molecule has 0 fully saturated rings. The molecule has 2 heterocycles. The molecule has 0 aliphatic rings. The zero-order valence-electron chi connectivity index (χ0n) is 14.4. The van der Waals surface area contributed by atoms with Gasteiger partial charge in [0.05, 0.1) is 18.2 Å². The quantitative estimate of drug-likeness (QED) is 0.484. The molecular weight excluding hydrogens is 440 g/mol. The van der Waals surface area contributed by atoms with Crippen LogP contribution in [0.15, 0.2) is 45.5 Å². The number of hydrogen-bond donors (Lipinski definition) is 0. The second-order valence-electron chi connectivity index (χ2n) is 5.84. The van der Waals surface area contributed by atoms with Crippen LogP contribution in [-0.2, 0) is 26.9 Å². The predicted octanol–water partition coefficient (Wildman–Crippen LogP) is 4.63. The predicted molar refractivity (Wildman–Crippen MR) is 106 cm³/mol. The minimum absolute atomic E-state index is 0.283. The van der Waals surface area contributed by atoms with E-state index in [1.807, 2.05) is 49.0 Å². The summed E-state index contributed by atoms with van der Waals surface area (Å²) >= 11 is 14.9. The van der Waals surface area contributed by atoms with Crippen LogP contribution < -0.4 is 4.74 Å². The highest BCUT2D eigenvalue weighted by atomic mass is 79.9. The van der Waals surface area contributed by atoms with E-state index in [0.717, 1.165) is 11.6 Å². The van der Waals surface area contributed by atoms with Gasteiger partial charge in [-0.3, -0.25) is 4.90 Å². The summed E-state index contributed by atoms with van der Waals surface area (Å²) in [4.78, 5) is 2.06. The first-order chi connectivity index (χ1) is 12.4. The maximum absolute atomic E-state index is 6.12. The molecule has 3 rings (SSSR count). The van der Waals surface area contributed by atoms with Crippen molar-refractivity contribution in [3.63, 3.8) is 0 Å². The number of aromatic nitrogens is 3. The van der Waals surface area contributed by atoms with Gasteiger partial charge >= 0.3 is 0 Å². The second kappa shape index (κ2) is 8.39. The van der Waals surface area contributed by atoms with Crippen LogP contribution in [0.1, 0.15) is 11.6 Å². The van der Waals surface area contributed by atoms with E-state index in [0.29, 0.717) is 33.4 Å². The smallest absolute Gasteiger partial charge is 0.198 e. The number of benzene rings is 1. The van der Waals surface area contributed by atoms with Crippen molar-refractivity contribution in [2.45, 2.75) is 19.8 Å². The Morgan fingerprint density at radius 1 is 1.31 bits per heavy atom. The molecule has 0 saturated carbocycles. The molecule has 0 N–H and O–H groups in total. The Balaban J connectivity index is 1.66. The van der Waals surface area contributed by atoms with Gasteiger partial charge in [0.1, 0.15) is 18.1 Å². The van der Waals surface area contributed by atoms with E-state index < -0.39 is 0 Å². The topological polar surface area (TPSA) is 48.4 Å². The molecule has 138 valence electrons. The molecule has 26 heavy (non-hydrogen) atoms. The van der Waals surface area contributed by atoms with E-state index in [2.05, 4.69) is 25.9 Å². The zero-order chi connectivity index (χ0) is 18.7. The molecular formula is C17H18BrClN4O2S. The first-order valence-electron chi connectivity index (χ1n) is 7.87. The molecule has 2 aromatic heterocycles. The van der Waals surface area contributed by atoms with Gasteiger partial charge in [0.2, 0.25) is 0 Å². The fourth-order valence-electron chi connectivity index (χ4n) is 2.44. The lowest BCUT2D eigenvalue weighted by atomic mass is 10.3. The highest BCUT2D eigenvalue weighted by Crippen LogP contribution is 2.24. The van der Waals surface area contributed by atoms with Crippen molar-refractivity contribution in [3.05, 3.63) is 62.4 Å². The summed E-state index contributed by atoms with van der Waals surface area (Å²) in [6.07, 6.45) is 0. The maximum atomic E-state index is 6.12. The van der Waals surface area contributed by atoms with Crippen LogP contribution in [0.2, 0.25) is 5.02 Å². The SMILES string of the molecule is CN(Cc1ccc(Br)o1)Cn1nc(COc2ccccc2Cl)n(C)c1=S. The van der Waals surface area contributed by atoms with Crippen molar-refractivity contribution >= 4 is 39.7 Å². The Labute approximate surface area is 170 Å². The molecule has 0 spiro atoms. The van der Waals surface area contributed by atoms with E-state index in [1.54, 1.807) is 10.7 Å². The molecule has 0 saturated heterocycles. The minimum Gasteiger partial charge on any atom is -0.484 e. The molecule has 0 atom stereocenters. The van der Waals surface area contributed by atoms with Crippen LogP contribution in [0.5, 0.6) is 5.75 Å². The van der Waals surface area contributed by atoms with Crippen molar-refractivity contribution in [2.24, 2.45) is 7.05 Å². The summed E-state index contributed by atoms with van der Waals surface area (Å²) < 4.78 is 16.2. The Morgan fingerprint density at radius 3 is 2.77 bits per heavy atom. The maximum Gasteiger partial charge on any atom is 0.198 e. The van der Waals surface area contributed by atoms with Gasteiger partial charge in [0, 0.05) is 7.05 Å². The van der Waals surface area contributed by atoms with Crippen LogP contribution in [0.4, 0.5) is 0 Å². The second-order valence-corrected chi connectivity index (χ2v) is 7.39. The number of nitrogens with zero attached hydrogens (tertiary/aromatic N) is 4. The third-order valence-corrected chi connectivity index (χ3v) is 4.98. The lowest BCUT2D eigenvalue weighted by molar-refractivity contribution is 0.222. The summed E-state index contributed by atoms with van der Waals surface area (Å²) in [6.45, 7) is 1.47. The van der Waals surface area contributed by atoms with Crippen LogP contribution in [-0.4, -0.2) is 26.3 Å². The van der Waals surface area contributed by atoms with Crippen molar-refractivity contribution < 1.29 is 9.15 Å². The van der Waals surface area contributed by atoms with E-state index in [-0.39, 0.29) is 6.61 Å². The summed E-state index contributed by atoms with van der Waals surface area (Å²) in [5.74, 6) is 2.21. The Kier molecular flexibility index (Phi) is 6.18. The first-order valence-corrected chi connectivity index (χ1v) is 9.45. The highest BCUT2D eigenvalue weighted by molar-refractivity contribution is 9.10. The first kappa shape index (κ1) is 19.2. The number of ether oxygens (including phenoxy) is 1. The Hall–Kier alpha value is -1.61. The molecule has 9 heteroatoms. The molecule has 0 bridgehead atoms. The van der Waals surface area contributed by atoms with E-state index in [4.69, 9.17) is 33.0 Å². The van der Waals surface area contributed by atoms with Crippen molar-refractivity contribution in [1.82, 2.24) is 19.2 Å². The average molecular weight is 458 g/mol. The normalized spacial score (nSPS) is 11.3. The molecule has 0 radical (unpaired) electrons. The number of furan rings is 1. The monoisotopic (exact) mass is 456 g/mol. The molecule has 6 nitrogen and oxygen atoms in total. The number of hydrogen-bond acceptors (Lipinski definition) is 5. The van der Waals surface area contributed by atoms with Crippen molar-refractivity contribution in [3.8, 4) is 5.75 Å². The fraction of sp³-hybridized carbons (Fsp3) is 0.294. The van der Waals surface area contributed by atoms with E-state index in [9.17, 15) is 0 Å². The largest absolute Gasteiger partial charge is 0.484 e. The Morgan fingerprint density at radius 2 is 2.08 bits per heavy atom. The lowest BCUT2D eigenvalue weighted by Crippen LogP contribution is -2.22. The van der Waals surface area contributed by atoms with Gasteiger partial charge in [0.25, 0.3) is 0 Å². The van der Waals surface area contributed by atoms with Crippen LogP contribution >= 0.6 is 39.7 Å². The Bertz CT molecular complexity index is 952. The molecule has 3 aromatic rings. The van der Waals surface area contributed by atoms with Gasteiger partial charge in [-0.25, -0.2) is 4.68 Å². The van der Waals surface area contributed by atoms with Gasteiger partial charge in [-0.15, -0.1) is 0 Å². The molecule has 0 amide bonds. The molecule has 0 aliphatic heterocycles. The lowest BCUT2D eigenvalue weighted by Gasteiger charge is -2.14. The van der Waals surface area contributed by atoms with Gasteiger partial charge in [0.15, 0.2) is 15.3 Å².